The summed E-state index contributed by atoms with van der Waals surface area (Å²) in [6, 6.07) is 8.22. The molecule has 0 saturated carbocycles. The maximum Gasteiger partial charge on any atom is 0.303 e. The Labute approximate surface area is 223 Å². The third-order valence-electron chi connectivity index (χ3n) is 5.95. The second kappa shape index (κ2) is 12.6. The highest BCUT2D eigenvalue weighted by atomic mass is 32.2. The smallest absolute Gasteiger partial charge is 0.303 e. The standard InChI is InChI=1S/C26H26F2N2O5S2/c27-19-4-5-21(28)20(16-19)17-3-6-22(35-13-10-29-8-11-34-12-9-29)18(14-17)15-23-25(33)30(26(36)37-23)7-1-2-24(31)32/h3-6,14-16H,1-2,7-13H2,(H,31,32). The van der Waals surface area contributed by atoms with Gasteiger partial charge in [0.05, 0.1) is 18.1 Å². The van der Waals surface area contributed by atoms with Crippen LogP contribution < -0.4 is 4.74 Å². The Kier molecular flexibility index (Phi) is 9.25. The number of thioether (sulfide) groups is 1. The zero-order valence-corrected chi connectivity index (χ0v) is 21.6. The van der Waals surface area contributed by atoms with Crippen LogP contribution in [0.15, 0.2) is 41.3 Å². The van der Waals surface area contributed by atoms with Gasteiger partial charge in [-0.2, -0.15) is 0 Å². The number of hydrogen-bond donors (Lipinski definition) is 1. The summed E-state index contributed by atoms with van der Waals surface area (Å²) in [5.41, 5.74) is 1.05. The number of halogens is 2. The molecule has 11 heteroatoms. The molecule has 7 nitrogen and oxygen atoms in total. The summed E-state index contributed by atoms with van der Waals surface area (Å²) in [5, 5.41) is 8.88. The van der Waals surface area contributed by atoms with E-state index in [0.717, 1.165) is 43.1 Å². The third kappa shape index (κ3) is 7.13. The summed E-state index contributed by atoms with van der Waals surface area (Å²) in [6.45, 7) is 4.27. The Morgan fingerprint density at radius 2 is 1.95 bits per heavy atom. The minimum atomic E-state index is -0.943. The Hall–Kier alpha value is -2.86. The van der Waals surface area contributed by atoms with Crippen molar-refractivity contribution in [3.63, 3.8) is 0 Å². The van der Waals surface area contributed by atoms with Gasteiger partial charge in [0.15, 0.2) is 0 Å². The van der Waals surface area contributed by atoms with Crippen LogP contribution in [0.2, 0.25) is 0 Å². The number of rotatable bonds is 10. The average Bonchev–Trinajstić information content (AvgIpc) is 3.14. The van der Waals surface area contributed by atoms with Crippen molar-refractivity contribution in [3.8, 4) is 16.9 Å². The number of ether oxygens (including phenoxy) is 2. The number of morpholine rings is 1. The van der Waals surface area contributed by atoms with Crippen LogP contribution in [0, 0.1) is 11.6 Å². The summed E-state index contributed by atoms with van der Waals surface area (Å²) in [5.74, 6) is -1.92. The van der Waals surface area contributed by atoms with Crippen LogP contribution in [0.25, 0.3) is 17.2 Å². The molecule has 1 N–H and O–H groups in total. The fourth-order valence-corrected chi connectivity index (χ4v) is 5.31. The van der Waals surface area contributed by atoms with Crippen LogP contribution in [-0.4, -0.2) is 77.1 Å². The molecular formula is C26H26F2N2O5S2. The highest BCUT2D eigenvalue weighted by molar-refractivity contribution is 8.26. The van der Waals surface area contributed by atoms with E-state index in [-0.39, 0.29) is 30.9 Å². The van der Waals surface area contributed by atoms with Gasteiger partial charge in [-0.25, -0.2) is 8.78 Å². The molecule has 37 heavy (non-hydrogen) atoms. The Morgan fingerprint density at radius 1 is 1.16 bits per heavy atom. The number of aliphatic carboxylic acids is 1. The van der Waals surface area contributed by atoms with Crippen molar-refractivity contribution < 1.29 is 33.0 Å². The SMILES string of the molecule is O=C(O)CCCN1C(=O)C(=Cc2cc(-c3cc(F)ccc3F)ccc2OCCN2CCOCC2)SC1=S. The summed E-state index contributed by atoms with van der Waals surface area (Å²) in [4.78, 5) is 27.8. The number of benzene rings is 2. The topological polar surface area (TPSA) is 79.3 Å². The van der Waals surface area contributed by atoms with Gasteiger partial charge in [0.1, 0.15) is 28.3 Å². The fourth-order valence-electron chi connectivity index (χ4n) is 4.01. The molecule has 0 spiro atoms. The summed E-state index contributed by atoms with van der Waals surface area (Å²) < 4.78 is 40.1. The molecule has 2 aliphatic rings. The molecule has 0 aromatic heterocycles. The largest absolute Gasteiger partial charge is 0.492 e. The predicted octanol–water partition coefficient (Wildman–Crippen LogP) is 4.41. The van der Waals surface area contributed by atoms with Gasteiger partial charge in [-0.15, -0.1) is 0 Å². The quantitative estimate of drug-likeness (QED) is 0.346. The van der Waals surface area contributed by atoms with Gasteiger partial charge in [-0.3, -0.25) is 19.4 Å². The average molecular weight is 549 g/mol. The second-order valence-corrected chi connectivity index (χ2v) is 10.2. The number of carboxylic acids is 1. The van der Waals surface area contributed by atoms with Crippen molar-refractivity contribution in [2.24, 2.45) is 0 Å². The zero-order chi connectivity index (χ0) is 26.4. The van der Waals surface area contributed by atoms with E-state index in [2.05, 4.69) is 4.90 Å². The minimum Gasteiger partial charge on any atom is -0.492 e. The number of amides is 1. The highest BCUT2D eigenvalue weighted by Gasteiger charge is 2.32. The monoisotopic (exact) mass is 548 g/mol. The number of nitrogens with zero attached hydrogens (tertiary/aromatic N) is 2. The van der Waals surface area contributed by atoms with E-state index in [4.69, 9.17) is 26.8 Å². The van der Waals surface area contributed by atoms with Gasteiger partial charge in [-0.1, -0.05) is 30.0 Å². The first-order valence-corrected chi connectivity index (χ1v) is 13.0. The summed E-state index contributed by atoms with van der Waals surface area (Å²) in [6.07, 6.45) is 1.83. The van der Waals surface area contributed by atoms with Crippen molar-refractivity contribution in [1.82, 2.24) is 9.80 Å². The van der Waals surface area contributed by atoms with Gasteiger partial charge in [0.25, 0.3) is 5.91 Å². The normalized spacial score (nSPS) is 17.6. The molecule has 196 valence electrons. The van der Waals surface area contributed by atoms with Crippen molar-refractivity contribution in [2.75, 3.05) is 46.0 Å². The number of carboxylic acid groups (broad SMARTS) is 1. The Balaban J connectivity index is 1.59. The van der Waals surface area contributed by atoms with Gasteiger partial charge < -0.3 is 14.6 Å². The molecular weight excluding hydrogens is 522 g/mol. The molecule has 2 aromatic rings. The fraction of sp³-hybridized carbons (Fsp3) is 0.346. The summed E-state index contributed by atoms with van der Waals surface area (Å²) in [7, 11) is 0. The zero-order valence-electron chi connectivity index (χ0n) is 20.0. The van der Waals surface area contributed by atoms with Crippen LogP contribution >= 0.6 is 24.0 Å². The van der Waals surface area contributed by atoms with E-state index >= 15 is 0 Å². The molecule has 2 fully saturated rings. The van der Waals surface area contributed by atoms with Crippen LogP contribution in [0.5, 0.6) is 5.75 Å². The molecule has 0 bridgehead atoms. The Bertz CT molecular complexity index is 1220. The van der Waals surface area contributed by atoms with Gasteiger partial charge >= 0.3 is 5.97 Å². The minimum absolute atomic E-state index is 0.0709. The van der Waals surface area contributed by atoms with Gasteiger partial charge in [0, 0.05) is 43.7 Å². The lowest BCUT2D eigenvalue weighted by molar-refractivity contribution is -0.137. The molecule has 0 radical (unpaired) electrons. The lowest BCUT2D eigenvalue weighted by Crippen LogP contribution is -2.38. The van der Waals surface area contributed by atoms with Crippen LogP contribution in [0.3, 0.4) is 0 Å². The molecule has 0 aliphatic carbocycles. The van der Waals surface area contributed by atoms with Crippen molar-refractivity contribution in [2.45, 2.75) is 12.8 Å². The lowest BCUT2D eigenvalue weighted by Gasteiger charge is -2.26. The van der Waals surface area contributed by atoms with Crippen molar-refractivity contribution in [3.05, 3.63) is 58.5 Å². The molecule has 4 rings (SSSR count). The molecule has 2 aromatic carbocycles. The molecule has 2 saturated heterocycles. The summed E-state index contributed by atoms with van der Waals surface area (Å²) >= 11 is 6.45. The van der Waals surface area contributed by atoms with Crippen LogP contribution in [-0.2, 0) is 14.3 Å². The van der Waals surface area contributed by atoms with Crippen LogP contribution in [0.1, 0.15) is 18.4 Å². The third-order valence-corrected chi connectivity index (χ3v) is 7.33. The first kappa shape index (κ1) is 27.2. The highest BCUT2D eigenvalue weighted by Crippen LogP contribution is 2.36. The van der Waals surface area contributed by atoms with Crippen LogP contribution in [0.4, 0.5) is 8.78 Å². The van der Waals surface area contributed by atoms with E-state index in [1.54, 1.807) is 24.3 Å². The molecule has 0 atom stereocenters. The lowest BCUT2D eigenvalue weighted by atomic mass is 10.0. The number of carbonyl (C=O) groups excluding carboxylic acids is 1. The molecule has 1 amide bonds. The number of hydrogen-bond acceptors (Lipinski definition) is 7. The van der Waals surface area contributed by atoms with Crippen molar-refractivity contribution in [1.29, 1.82) is 0 Å². The molecule has 2 aliphatic heterocycles. The van der Waals surface area contributed by atoms with E-state index in [1.807, 2.05) is 0 Å². The predicted molar refractivity (Wildman–Crippen MR) is 141 cm³/mol. The van der Waals surface area contributed by atoms with E-state index in [1.165, 1.54) is 4.90 Å². The second-order valence-electron chi connectivity index (χ2n) is 8.51. The first-order chi connectivity index (χ1) is 17.8. The molecule has 2 heterocycles. The Morgan fingerprint density at radius 3 is 2.70 bits per heavy atom. The number of carbonyl (C=O) groups is 2. The first-order valence-electron chi connectivity index (χ1n) is 11.8. The van der Waals surface area contributed by atoms with E-state index in [0.29, 0.717) is 52.5 Å². The van der Waals surface area contributed by atoms with Crippen molar-refractivity contribution >= 4 is 46.3 Å². The van der Waals surface area contributed by atoms with E-state index < -0.39 is 17.6 Å². The maximum atomic E-state index is 14.5. The molecule has 0 unspecified atom stereocenters. The number of thiocarbonyl (C=S) groups is 1. The van der Waals surface area contributed by atoms with Gasteiger partial charge in [-0.05, 0) is 48.4 Å². The maximum absolute atomic E-state index is 14.5. The van der Waals surface area contributed by atoms with Gasteiger partial charge in [0.2, 0.25) is 0 Å². The van der Waals surface area contributed by atoms with E-state index in [9.17, 15) is 18.4 Å².